The van der Waals surface area contributed by atoms with Crippen LogP contribution < -0.4 is 5.56 Å². The monoisotopic (exact) mass is 494 g/mol. The molecule has 0 amide bonds. The topological polar surface area (TPSA) is 78.5 Å². The molecule has 5 aromatic rings. The van der Waals surface area contributed by atoms with Gasteiger partial charge in [0.05, 0.1) is 17.0 Å². The fraction of sp³-hybridized carbons (Fsp3) is 0.0870. The molecule has 164 valence electrons. The van der Waals surface area contributed by atoms with Crippen molar-refractivity contribution >= 4 is 45.9 Å². The molecule has 0 bridgehead atoms. The maximum Gasteiger partial charge on any atom is 0.278 e. The molecule has 5 rings (SSSR count). The van der Waals surface area contributed by atoms with Crippen LogP contribution in [-0.2, 0) is 5.88 Å². The van der Waals surface area contributed by atoms with E-state index in [0.717, 1.165) is 16.8 Å². The Morgan fingerprint density at radius 1 is 0.939 bits per heavy atom. The summed E-state index contributed by atoms with van der Waals surface area (Å²) in [6.45, 7) is 1.94. The second kappa shape index (κ2) is 8.97. The lowest BCUT2D eigenvalue weighted by molar-refractivity contribution is 0.643. The van der Waals surface area contributed by atoms with Gasteiger partial charge in [-0.05, 0) is 61.0 Å². The van der Waals surface area contributed by atoms with Crippen molar-refractivity contribution in [2.24, 2.45) is 0 Å². The summed E-state index contributed by atoms with van der Waals surface area (Å²) < 4.78 is 3.22. The van der Waals surface area contributed by atoms with Gasteiger partial charge in [-0.3, -0.25) is 9.36 Å². The average molecular weight is 495 g/mol. The zero-order chi connectivity index (χ0) is 22.9. The molecule has 0 fully saturated rings. The molecule has 2 aromatic heterocycles. The number of halogens is 2. The maximum absolute atomic E-state index is 12.8. The van der Waals surface area contributed by atoms with Crippen molar-refractivity contribution in [1.82, 2.24) is 29.8 Å². The minimum atomic E-state index is -0.213. The summed E-state index contributed by atoms with van der Waals surface area (Å²) in [5, 5.41) is 19.4. The molecule has 0 unspecified atom stereocenters. The number of hydrogen-bond acceptors (Lipinski definition) is 6. The fourth-order valence-electron chi connectivity index (χ4n) is 3.33. The molecule has 33 heavy (non-hydrogen) atoms. The summed E-state index contributed by atoms with van der Waals surface area (Å²) in [6.07, 6.45) is 0. The number of thioether (sulfide) groups is 1. The van der Waals surface area contributed by atoms with Gasteiger partial charge in [0, 0.05) is 15.6 Å². The van der Waals surface area contributed by atoms with Gasteiger partial charge in [0.2, 0.25) is 0 Å². The molecule has 0 atom stereocenters. The van der Waals surface area contributed by atoms with Gasteiger partial charge in [-0.15, -0.1) is 15.3 Å². The van der Waals surface area contributed by atoms with Crippen LogP contribution in [0.1, 0.15) is 5.56 Å². The lowest BCUT2D eigenvalue weighted by Crippen LogP contribution is -2.23. The van der Waals surface area contributed by atoms with Crippen molar-refractivity contribution in [3.63, 3.8) is 0 Å². The van der Waals surface area contributed by atoms with Crippen LogP contribution in [0.15, 0.2) is 76.7 Å². The molecule has 0 saturated carbocycles. The normalized spacial score (nSPS) is 11.2. The number of nitrogens with zero attached hydrogens (tertiary/aromatic N) is 6. The van der Waals surface area contributed by atoms with Crippen molar-refractivity contribution in [1.29, 1.82) is 0 Å². The maximum atomic E-state index is 12.8. The lowest BCUT2D eigenvalue weighted by Gasteiger charge is -2.12. The van der Waals surface area contributed by atoms with Crippen LogP contribution in [0.3, 0.4) is 0 Å². The highest BCUT2D eigenvalue weighted by molar-refractivity contribution is 7.98. The minimum absolute atomic E-state index is 0.213. The number of hydrogen-bond donors (Lipinski definition) is 0. The Morgan fingerprint density at radius 3 is 2.52 bits per heavy atom. The van der Waals surface area contributed by atoms with Crippen LogP contribution >= 0.6 is 35.0 Å². The summed E-state index contributed by atoms with van der Waals surface area (Å²) in [5.74, 6) is 0.848. The first-order chi connectivity index (χ1) is 16.0. The van der Waals surface area contributed by atoms with Crippen LogP contribution in [0, 0.1) is 6.92 Å². The van der Waals surface area contributed by atoms with Crippen molar-refractivity contribution in [3.8, 4) is 17.1 Å². The van der Waals surface area contributed by atoms with E-state index in [2.05, 4.69) is 20.5 Å². The molecule has 0 radical (unpaired) electrons. The third-order valence-corrected chi connectivity index (χ3v) is 6.65. The number of fused-ring (bicyclic) bond motifs is 1. The molecule has 0 aliphatic rings. The second-order valence-electron chi connectivity index (χ2n) is 7.27. The average Bonchev–Trinajstić information content (AvgIpc) is 3.25. The van der Waals surface area contributed by atoms with E-state index >= 15 is 0 Å². The predicted octanol–water partition coefficient (Wildman–Crippen LogP) is 5.40. The van der Waals surface area contributed by atoms with E-state index in [-0.39, 0.29) is 11.4 Å². The van der Waals surface area contributed by atoms with Crippen LogP contribution in [0.2, 0.25) is 10.0 Å². The van der Waals surface area contributed by atoms with Crippen molar-refractivity contribution in [2.75, 3.05) is 0 Å². The smallest absolute Gasteiger partial charge is 0.270 e. The highest BCUT2D eigenvalue weighted by atomic mass is 35.5. The zero-order valence-electron chi connectivity index (χ0n) is 17.3. The summed E-state index contributed by atoms with van der Waals surface area (Å²) >= 11 is 13.8. The van der Waals surface area contributed by atoms with E-state index in [1.807, 2.05) is 47.9 Å². The minimum Gasteiger partial charge on any atom is -0.270 e. The lowest BCUT2D eigenvalue weighted by atomic mass is 10.2. The standard InChI is InChI=1S/C23H16Cl2N6OS/c1-14-6-11-17(12-19(14)25)31-21(15-7-9-16(24)10-8-15)27-28-23(31)33-13-30-22(32)18-4-2-3-5-20(18)26-29-30/h2-12H,13H2,1H3. The Kier molecular flexibility index (Phi) is 5.88. The highest BCUT2D eigenvalue weighted by Crippen LogP contribution is 2.31. The first-order valence-corrected chi connectivity index (χ1v) is 11.7. The van der Waals surface area contributed by atoms with Gasteiger partial charge in [-0.1, -0.05) is 58.4 Å². The molecule has 7 nitrogen and oxygen atoms in total. The molecule has 10 heteroatoms. The van der Waals surface area contributed by atoms with E-state index < -0.39 is 0 Å². The van der Waals surface area contributed by atoms with Gasteiger partial charge < -0.3 is 0 Å². The SMILES string of the molecule is Cc1ccc(-n2c(SCn3nnc4ccccc4c3=O)nnc2-c2ccc(Cl)cc2)cc1Cl. The predicted molar refractivity (Wildman–Crippen MR) is 131 cm³/mol. The molecule has 0 N–H and O–H groups in total. The summed E-state index contributed by atoms with van der Waals surface area (Å²) in [5.41, 5.74) is 2.97. The van der Waals surface area contributed by atoms with E-state index in [0.29, 0.717) is 31.9 Å². The number of aryl methyl sites for hydroxylation is 1. The molecule has 2 heterocycles. The Morgan fingerprint density at radius 2 is 1.73 bits per heavy atom. The van der Waals surface area contributed by atoms with Crippen LogP contribution in [0.5, 0.6) is 0 Å². The van der Waals surface area contributed by atoms with Gasteiger partial charge >= 0.3 is 0 Å². The van der Waals surface area contributed by atoms with Crippen LogP contribution in [0.25, 0.3) is 28.0 Å². The Bertz CT molecular complexity index is 1530. The van der Waals surface area contributed by atoms with Crippen LogP contribution in [-0.4, -0.2) is 29.8 Å². The van der Waals surface area contributed by atoms with Crippen molar-refractivity contribution in [3.05, 3.63) is 92.7 Å². The third-order valence-electron chi connectivity index (χ3n) is 5.09. The molecule has 0 aliphatic heterocycles. The second-order valence-corrected chi connectivity index (χ2v) is 9.02. The molecule has 0 spiro atoms. The molecular weight excluding hydrogens is 479 g/mol. The van der Waals surface area contributed by atoms with Gasteiger partial charge in [-0.25, -0.2) is 0 Å². The first kappa shape index (κ1) is 21.6. The van der Waals surface area contributed by atoms with Gasteiger partial charge in [0.25, 0.3) is 5.56 Å². The number of benzene rings is 3. The largest absolute Gasteiger partial charge is 0.278 e. The van der Waals surface area contributed by atoms with E-state index in [1.54, 1.807) is 30.3 Å². The van der Waals surface area contributed by atoms with Crippen molar-refractivity contribution in [2.45, 2.75) is 18.0 Å². The Labute approximate surface area is 203 Å². The van der Waals surface area contributed by atoms with E-state index in [4.69, 9.17) is 23.2 Å². The van der Waals surface area contributed by atoms with Crippen LogP contribution in [0.4, 0.5) is 0 Å². The van der Waals surface area contributed by atoms with E-state index in [1.165, 1.54) is 16.4 Å². The molecule has 0 saturated heterocycles. The molecule has 0 aliphatic carbocycles. The summed E-state index contributed by atoms with van der Waals surface area (Å²) in [6, 6.07) is 20.3. The van der Waals surface area contributed by atoms with Crippen molar-refractivity contribution < 1.29 is 0 Å². The van der Waals surface area contributed by atoms with Gasteiger partial charge in [0.1, 0.15) is 5.52 Å². The molecule has 3 aromatic carbocycles. The highest BCUT2D eigenvalue weighted by Gasteiger charge is 2.18. The van der Waals surface area contributed by atoms with Gasteiger partial charge in [-0.2, -0.15) is 4.68 Å². The first-order valence-electron chi connectivity index (χ1n) is 9.94. The Hall–Kier alpha value is -3.20. The quantitative estimate of drug-likeness (QED) is 0.304. The fourth-order valence-corrected chi connectivity index (χ4v) is 4.46. The zero-order valence-corrected chi connectivity index (χ0v) is 19.6. The Balaban J connectivity index is 1.56. The summed E-state index contributed by atoms with van der Waals surface area (Å²) in [7, 11) is 0. The molecular formula is C23H16Cl2N6OS. The van der Waals surface area contributed by atoms with Gasteiger partial charge in [0.15, 0.2) is 11.0 Å². The van der Waals surface area contributed by atoms with E-state index in [9.17, 15) is 4.79 Å². The third kappa shape index (κ3) is 4.25. The number of aromatic nitrogens is 6. The summed E-state index contributed by atoms with van der Waals surface area (Å²) in [4.78, 5) is 12.8. The number of rotatable bonds is 5.